The SMILES string of the molecule is Cc1ccc(-c2nc3c(nc2-c2ccccc2)CCCC3)cc1C. The maximum Gasteiger partial charge on any atom is 0.0968 e. The zero-order chi connectivity index (χ0) is 16.5. The number of benzene rings is 2. The van der Waals surface area contributed by atoms with E-state index in [0.717, 1.165) is 35.4 Å². The van der Waals surface area contributed by atoms with Crippen LogP contribution in [0.5, 0.6) is 0 Å². The third-order valence-corrected chi connectivity index (χ3v) is 4.96. The summed E-state index contributed by atoms with van der Waals surface area (Å²) in [6.45, 7) is 4.31. The fourth-order valence-corrected chi connectivity index (χ4v) is 3.38. The molecule has 0 atom stereocenters. The van der Waals surface area contributed by atoms with Crippen LogP contribution < -0.4 is 0 Å². The number of aromatic nitrogens is 2. The monoisotopic (exact) mass is 314 g/mol. The molecule has 0 radical (unpaired) electrons. The van der Waals surface area contributed by atoms with Crippen molar-refractivity contribution in [3.8, 4) is 22.5 Å². The third-order valence-electron chi connectivity index (χ3n) is 4.96. The van der Waals surface area contributed by atoms with Gasteiger partial charge in [0.05, 0.1) is 22.8 Å². The highest BCUT2D eigenvalue weighted by atomic mass is 14.9. The summed E-state index contributed by atoms with van der Waals surface area (Å²) >= 11 is 0. The van der Waals surface area contributed by atoms with E-state index in [1.807, 2.05) is 6.07 Å². The topological polar surface area (TPSA) is 25.8 Å². The number of fused-ring (bicyclic) bond motifs is 1. The molecule has 0 amide bonds. The minimum atomic E-state index is 1.01. The van der Waals surface area contributed by atoms with Crippen molar-refractivity contribution in [2.24, 2.45) is 0 Å². The van der Waals surface area contributed by atoms with Gasteiger partial charge in [-0.15, -0.1) is 0 Å². The summed E-state index contributed by atoms with van der Waals surface area (Å²) in [5.41, 5.74) is 9.33. The number of hydrogen-bond acceptors (Lipinski definition) is 2. The Morgan fingerprint density at radius 3 is 1.92 bits per heavy atom. The maximum atomic E-state index is 5.07. The molecule has 1 aliphatic rings. The Morgan fingerprint density at radius 2 is 1.29 bits per heavy atom. The van der Waals surface area contributed by atoms with Crippen LogP contribution in [-0.2, 0) is 12.8 Å². The second-order valence-corrected chi connectivity index (χ2v) is 6.69. The van der Waals surface area contributed by atoms with Crippen molar-refractivity contribution in [3.05, 3.63) is 71.0 Å². The molecule has 2 nitrogen and oxygen atoms in total. The molecule has 0 saturated carbocycles. The van der Waals surface area contributed by atoms with Crippen molar-refractivity contribution in [2.75, 3.05) is 0 Å². The molecule has 1 aromatic heterocycles. The van der Waals surface area contributed by atoms with Gasteiger partial charge in [-0.05, 0) is 56.7 Å². The fourth-order valence-electron chi connectivity index (χ4n) is 3.38. The maximum absolute atomic E-state index is 5.07. The van der Waals surface area contributed by atoms with E-state index in [1.165, 1.54) is 35.4 Å². The van der Waals surface area contributed by atoms with Gasteiger partial charge in [0.15, 0.2) is 0 Å². The van der Waals surface area contributed by atoms with Gasteiger partial charge >= 0.3 is 0 Å². The number of aryl methyl sites for hydroxylation is 4. The van der Waals surface area contributed by atoms with Crippen molar-refractivity contribution < 1.29 is 0 Å². The molecule has 1 aliphatic carbocycles. The van der Waals surface area contributed by atoms with Gasteiger partial charge in [0.1, 0.15) is 0 Å². The summed E-state index contributed by atoms with van der Waals surface area (Å²) in [7, 11) is 0. The molecule has 0 N–H and O–H groups in total. The fraction of sp³-hybridized carbons (Fsp3) is 0.273. The van der Waals surface area contributed by atoms with Gasteiger partial charge in [-0.2, -0.15) is 0 Å². The van der Waals surface area contributed by atoms with Gasteiger partial charge in [-0.1, -0.05) is 42.5 Å². The number of hydrogen-bond donors (Lipinski definition) is 0. The van der Waals surface area contributed by atoms with E-state index in [2.05, 4.69) is 56.3 Å². The molecule has 1 heterocycles. The summed E-state index contributed by atoms with van der Waals surface area (Å²) in [5.74, 6) is 0. The molecule has 3 aromatic rings. The lowest BCUT2D eigenvalue weighted by Crippen LogP contribution is -2.10. The van der Waals surface area contributed by atoms with E-state index in [0.29, 0.717) is 0 Å². The highest BCUT2D eigenvalue weighted by molar-refractivity contribution is 5.78. The van der Waals surface area contributed by atoms with Crippen LogP contribution in [0.25, 0.3) is 22.5 Å². The molecule has 120 valence electrons. The van der Waals surface area contributed by atoms with Gasteiger partial charge in [0.2, 0.25) is 0 Å². The van der Waals surface area contributed by atoms with Gasteiger partial charge in [-0.3, -0.25) is 0 Å². The summed E-state index contributed by atoms with van der Waals surface area (Å²) in [6.07, 6.45) is 4.54. The predicted octanol–water partition coefficient (Wildman–Crippen LogP) is 5.31. The molecule has 0 bridgehead atoms. The lowest BCUT2D eigenvalue weighted by molar-refractivity contribution is 0.651. The molecule has 0 spiro atoms. The van der Waals surface area contributed by atoms with Crippen LogP contribution in [0.2, 0.25) is 0 Å². The Hall–Kier alpha value is -2.48. The van der Waals surface area contributed by atoms with Gasteiger partial charge in [0, 0.05) is 11.1 Å². The molecule has 4 rings (SSSR count). The molecular formula is C22H22N2. The molecule has 0 aliphatic heterocycles. The molecule has 2 aromatic carbocycles. The highest BCUT2D eigenvalue weighted by Gasteiger charge is 2.19. The predicted molar refractivity (Wildman–Crippen MR) is 99.0 cm³/mol. The largest absolute Gasteiger partial charge is 0.249 e. The van der Waals surface area contributed by atoms with Crippen molar-refractivity contribution in [1.29, 1.82) is 0 Å². The van der Waals surface area contributed by atoms with Crippen LogP contribution in [-0.4, -0.2) is 9.97 Å². The lowest BCUT2D eigenvalue weighted by Gasteiger charge is -2.18. The third kappa shape index (κ3) is 2.73. The minimum absolute atomic E-state index is 1.01. The Morgan fingerprint density at radius 1 is 0.667 bits per heavy atom. The lowest BCUT2D eigenvalue weighted by atomic mass is 9.96. The summed E-state index contributed by atoms with van der Waals surface area (Å²) in [4.78, 5) is 10.1. The van der Waals surface area contributed by atoms with Crippen LogP contribution in [0.4, 0.5) is 0 Å². The normalized spacial score (nSPS) is 13.6. The molecule has 2 heteroatoms. The molecule has 0 unspecified atom stereocenters. The van der Waals surface area contributed by atoms with E-state index < -0.39 is 0 Å². The average molecular weight is 314 g/mol. The Labute approximate surface area is 143 Å². The molecule has 24 heavy (non-hydrogen) atoms. The standard InChI is InChI=1S/C22H22N2/c1-15-12-13-18(14-16(15)2)22-21(17-8-4-3-5-9-17)23-19-10-6-7-11-20(19)24-22/h3-5,8-9,12-14H,6-7,10-11H2,1-2H3. The summed E-state index contributed by atoms with van der Waals surface area (Å²) in [5, 5.41) is 0. The average Bonchev–Trinajstić information content (AvgIpc) is 2.63. The van der Waals surface area contributed by atoms with Crippen molar-refractivity contribution in [1.82, 2.24) is 9.97 Å². The molecule has 0 fully saturated rings. The van der Waals surface area contributed by atoms with Gasteiger partial charge in [-0.25, -0.2) is 9.97 Å². The van der Waals surface area contributed by atoms with E-state index >= 15 is 0 Å². The van der Waals surface area contributed by atoms with Crippen LogP contribution in [0.1, 0.15) is 35.4 Å². The highest BCUT2D eigenvalue weighted by Crippen LogP contribution is 2.32. The zero-order valence-electron chi connectivity index (χ0n) is 14.3. The van der Waals surface area contributed by atoms with E-state index in [1.54, 1.807) is 0 Å². The van der Waals surface area contributed by atoms with Crippen LogP contribution in [0.3, 0.4) is 0 Å². The van der Waals surface area contributed by atoms with Crippen molar-refractivity contribution in [2.45, 2.75) is 39.5 Å². The van der Waals surface area contributed by atoms with E-state index in [9.17, 15) is 0 Å². The number of nitrogens with zero attached hydrogens (tertiary/aromatic N) is 2. The second kappa shape index (κ2) is 6.20. The Kier molecular flexibility index (Phi) is 3.89. The summed E-state index contributed by atoms with van der Waals surface area (Å²) < 4.78 is 0. The van der Waals surface area contributed by atoms with Crippen LogP contribution in [0, 0.1) is 13.8 Å². The molecular weight excluding hydrogens is 292 g/mol. The first kappa shape index (κ1) is 15.1. The van der Waals surface area contributed by atoms with Crippen LogP contribution >= 0.6 is 0 Å². The quantitative estimate of drug-likeness (QED) is 0.641. The Bertz CT molecular complexity index is 882. The van der Waals surface area contributed by atoms with E-state index in [4.69, 9.17) is 9.97 Å². The zero-order valence-corrected chi connectivity index (χ0v) is 14.3. The van der Waals surface area contributed by atoms with E-state index in [-0.39, 0.29) is 0 Å². The van der Waals surface area contributed by atoms with Gasteiger partial charge < -0.3 is 0 Å². The minimum Gasteiger partial charge on any atom is -0.249 e. The smallest absolute Gasteiger partial charge is 0.0968 e. The second-order valence-electron chi connectivity index (χ2n) is 6.69. The first-order valence-electron chi connectivity index (χ1n) is 8.75. The van der Waals surface area contributed by atoms with Gasteiger partial charge in [0.25, 0.3) is 0 Å². The van der Waals surface area contributed by atoms with Crippen LogP contribution in [0.15, 0.2) is 48.5 Å². The molecule has 0 saturated heterocycles. The summed E-state index contributed by atoms with van der Waals surface area (Å²) in [6, 6.07) is 17.0. The first-order valence-corrected chi connectivity index (χ1v) is 8.75. The van der Waals surface area contributed by atoms with Crippen molar-refractivity contribution >= 4 is 0 Å². The first-order chi connectivity index (χ1) is 11.7. The number of rotatable bonds is 2. The Balaban J connectivity index is 1.95. The van der Waals surface area contributed by atoms with Crippen molar-refractivity contribution in [3.63, 3.8) is 0 Å².